The van der Waals surface area contributed by atoms with E-state index in [1.807, 2.05) is 60.7 Å². The fraction of sp³-hybridized carbons (Fsp3) is 0.312. The van der Waals surface area contributed by atoms with Crippen molar-refractivity contribution < 1.29 is 18.6 Å². The molecule has 1 unspecified atom stereocenters. The fourth-order valence-electron chi connectivity index (χ4n) is 5.60. The number of hydrogen-bond acceptors (Lipinski definition) is 7. The van der Waals surface area contributed by atoms with Crippen molar-refractivity contribution in [2.75, 3.05) is 27.0 Å². The van der Waals surface area contributed by atoms with Crippen LogP contribution in [-0.2, 0) is 10.8 Å². The molecule has 2 aliphatic heterocycles. The molecule has 2 aliphatic rings. The number of ether oxygens (including phenoxy) is 3. The zero-order valence-electron chi connectivity index (χ0n) is 22.8. The minimum absolute atomic E-state index is 0.00509. The third kappa shape index (κ3) is 4.93. The van der Waals surface area contributed by atoms with E-state index in [9.17, 15) is 4.79 Å². The Hall–Kier alpha value is -3.53. The summed E-state index contributed by atoms with van der Waals surface area (Å²) in [6, 6.07) is 19.5. The van der Waals surface area contributed by atoms with Crippen LogP contribution >= 0.6 is 22.6 Å². The number of benzene rings is 3. The number of rotatable bonds is 8. The number of fused-ring (bicyclic) bond motifs is 2. The number of alkyl halides is 1. The molecule has 0 N–H and O–H groups in total. The monoisotopic (exact) mass is 650 g/mol. The number of methoxy groups -OCH3 is 1. The third-order valence-corrected chi connectivity index (χ3v) is 8.37. The Morgan fingerprint density at radius 1 is 1.02 bits per heavy atom. The van der Waals surface area contributed by atoms with Crippen LogP contribution in [0.1, 0.15) is 47.9 Å². The largest absolute Gasteiger partial charge is 0.497 e. The minimum atomic E-state index is -0.201. The average Bonchev–Trinajstić information content (AvgIpc) is 3.64. The molecule has 206 valence electrons. The van der Waals surface area contributed by atoms with Gasteiger partial charge in [-0.2, -0.15) is 0 Å². The first-order valence-corrected chi connectivity index (χ1v) is 15.0. The maximum atomic E-state index is 14.2. The SMILES string of the molecule is COc1cccc(Cc2c(C(C(C)C)N3CCN=C3c3ccc4c(c3)OCO4)oc3cc(CI)ccc3c2=O)c1. The lowest BCUT2D eigenvalue weighted by atomic mass is 9.92. The number of halogens is 1. The summed E-state index contributed by atoms with van der Waals surface area (Å²) in [5.74, 6) is 3.91. The predicted octanol–water partition coefficient (Wildman–Crippen LogP) is 6.52. The van der Waals surface area contributed by atoms with Gasteiger partial charge in [-0.3, -0.25) is 9.79 Å². The number of nitrogens with zero attached hydrogens (tertiary/aromatic N) is 2. The average molecular weight is 651 g/mol. The highest BCUT2D eigenvalue weighted by Gasteiger charge is 2.35. The van der Waals surface area contributed by atoms with Gasteiger partial charge in [0.05, 0.1) is 25.1 Å². The molecule has 6 rings (SSSR count). The molecule has 0 bridgehead atoms. The topological polar surface area (TPSA) is 73.5 Å². The highest BCUT2D eigenvalue weighted by Crippen LogP contribution is 2.38. The fourth-order valence-corrected chi connectivity index (χ4v) is 6.07. The highest BCUT2D eigenvalue weighted by molar-refractivity contribution is 14.1. The third-order valence-electron chi connectivity index (χ3n) is 7.49. The Morgan fingerprint density at radius 3 is 2.67 bits per heavy atom. The van der Waals surface area contributed by atoms with E-state index in [0.717, 1.165) is 50.7 Å². The van der Waals surface area contributed by atoms with Gasteiger partial charge in [-0.25, -0.2) is 0 Å². The van der Waals surface area contributed by atoms with E-state index in [-0.39, 0.29) is 24.2 Å². The maximum Gasteiger partial charge on any atom is 0.231 e. The number of aliphatic imine (C=N–C) groups is 1. The molecule has 0 saturated heterocycles. The second kappa shape index (κ2) is 11.2. The first-order valence-electron chi connectivity index (χ1n) is 13.5. The van der Waals surface area contributed by atoms with Crippen molar-refractivity contribution in [2.24, 2.45) is 10.9 Å². The first kappa shape index (κ1) is 26.7. The van der Waals surface area contributed by atoms with Crippen LogP contribution in [0.3, 0.4) is 0 Å². The Balaban J connectivity index is 1.50. The van der Waals surface area contributed by atoms with Crippen molar-refractivity contribution in [1.82, 2.24) is 4.90 Å². The molecular formula is C32H31IN2O5. The summed E-state index contributed by atoms with van der Waals surface area (Å²) in [5, 5.41) is 0.601. The van der Waals surface area contributed by atoms with Gasteiger partial charge in [0, 0.05) is 28.5 Å². The van der Waals surface area contributed by atoms with Crippen LogP contribution in [0.15, 0.2) is 74.9 Å². The zero-order chi connectivity index (χ0) is 27.8. The molecule has 0 spiro atoms. The van der Waals surface area contributed by atoms with Crippen LogP contribution in [0, 0.1) is 5.92 Å². The zero-order valence-corrected chi connectivity index (χ0v) is 24.9. The summed E-state index contributed by atoms with van der Waals surface area (Å²) >= 11 is 2.33. The van der Waals surface area contributed by atoms with Gasteiger partial charge in [0.25, 0.3) is 0 Å². The van der Waals surface area contributed by atoms with E-state index in [1.54, 1.807) is 7.11 Å². The van der Waals surface area contributed by atoms with Crippen LogP contribution in [0.25, 0.3) is 11.0 Å². The Kier molecular flexibility index (Phi) is 7.44. The Bertz CT molecular complexity index is 1660. The summed E-state index contributed by atoms with van der Waals surface area (Å²) in [6.07, 6.45) is 0.437. The first-order chi connectivity index (χ1) is 19.5. The van der Waals surface area contributed by atoms with Gasteiger partial charge in [-0.05, 0) is 59.5 Å². The van der Waals surface area contributed by atoms with Crippen LogP contribution in [0.2, 0.25) is 0 Å². The lowest BCUT2D eigenvalue weighted by Gasteiger charge is -2.34. The van der Waals surface area contributed by atoms with Gasteiger partial charge >= 0.3 is 0 Å². The molecular weight excluding hydrogens is 619 g/mol. The van der Waals surface area contributed by atoms with Crippen molar-refractivity contribution in [1.29, 1.82) is 0 Å². The molecule has 0 aliphatic carbocycles. The molecule has 4 aromatic rings. The second-order valence-corrected chi connectivity index (χ2v) is 11.2. The summed E-state index contributed by atoms with van der Waals surface area (Å²) in [5.41, 5.74) is 4.36. The summed E-state index contributed by atoms with van der Waals surface area (Å²) < 4.78 is 24.2. The van der Waals surface area contributed by atoms with Gasteiger partial charge in [0.1, 0.15) is 22.9 Å². The molecule has 1 aromatic heterocycles. The molecule has 3 heterocycles. The van der Waals surface area contributed by atoms with E-state index < -0.39 is 0 Å². The molecule has 0 fully saturated rings. The Labute approximate surface area is 246 Å². The van der Waals surface area contributed by atoms with Crippen molar-refractivity contribution >= 4 is 39.4 Å². The summed E-state index contributed by atoms with van der Waals surface area (Å²) in [7, 11) is 1.65. The molecule has 40 heavy (non-hydrogen) atoms. The molecule has 0 amide bonds. The van der Waals surface area contributed by atoms with Gasteiger partial charge in [-0.1, -0.05) is 54.6 Å². The normalized spacial score (nSPS) is 15.1. The quantitative estimate of drug-likeness (QED) is 0.160. The smallest absolute Gasteiger partial charge is 0.231 e. The lowest BCUT2D eigenvalue weighted by molar-refractivity contribution is 0.174. The Morgan fingerprint density at radius 2 is 1.88 bits per heavy atom. The molecule has 7 nitrogen and oxygen atoms in total. The van der Waals surface area contributed by atoms with E-state index in [1.165, 1.54) is 0 Å². The van der Waals surface area contributed by atoms with E-state index in [0.29, 0.717) is 35.3 Å². The molecule has 1 atom stereocenters. The van der Waals surface area contributed by atoms with Crippen LogP contribution in [0.4, 0.5) is 0 Å². The van der Waals surface area contributed by atoms with Crippen LogP contribution < -0.4 is 19.6 Å². The number of amidine groups is 1. The predicted molar refractivity (Wildman–Crippen MR) is 164 cm³/mol. The van der Waals surface area contributed by atoms with E-state index in [4.69, 9.17) is 23.6 Å². The van der Waals surface area contributed by atoms with Crippen LogP contribution in [-0.4, -0.2) is 37.7 Å². The molecule has 0 radical (unpaired) electrons. The van der Waals surface area contributed by atoms with Gasteiger partial charge in [-0.15, -0.1) is 0 Å². The molecule has 3 aromatic carbocycles. The maximum absolute atomic E-state index is 14.2. The van der Waals surface area contributed by atoms with Crippen molar-refractivity contribution in [2.45, 2.75) is 30.7 Å². The van der Waals surface area contributed by atoms with Crippen molar-refractivity contribution in [3.05, 3.63) is 98.9 Å². The highest BCUT2D eigenvalue weighted by atomic mass is 127. The van der Waals surface area contributed by atoms with Gasteiger partial charge in [0.15, 0.2) is 16.9 Å². The second-order valence-electron chi connectivity index (χ2n) is 10.4. The van der Waals surface area contributed by atoms with E-state index >= 15 is 0 Å². The molecule has 8 heteroatoms. The van der Waals surface area contributed by atoms with Crippen LogP contribution in [0.5, 0.6) is 17.2 Å². The summed E-state index contributed by atoms with van der Waals surface area (Å²) in [4.78, 5) is 21.3. The van der Waals surface area contributed by atoms with Crippen molar-refractivity contribution in [3.8, 4) is 17.2 Å². The number of hydrogen-bond donors (Lipinski definition) is 0. The van der Waals surface area contributed by atoms with Crippen molar-refractivity contribution in [3.63, 3.8) is 0 Å². The molecule has 0 saturated carbocycles. The standard InChI is InChI=1S/C32H31IN2O5/c1-19(2)29(35-12-11-34-32(35)22-8-10-26-28(16-22)39-18-38-26)31-25(14-20-5-4-6-23(13-20)37-3)30(36)24-9-7-21(17-33)15-27(24)40-31/h4-10,13,15-16,19,29H,11-12,14,17-18H2,1-3H3. The lowest BCUT2D eigenvalue weighted by Crippen LogP contribution is -2.37. The van der Waals surface area contributed by atoms with E-state index in [2.05, 4.69) is 41.3 Å². The summed E-state index contributed by atoms with van der Waals surface area (Å²) in [6.45, 7) is 5.94. The minimum Gasteiger partial charge on any atom is -0.497 e. The van der Waals surface area contributed by atoms with Gasteiger partial charge in [0.2, 0.25) is 6.79 Å². The van der Waals surface area contributed by atoms with Gasteiger partial charge < -0.3 is 23.5 Å².